The Morgan fingerprint density at radius 2 is 1.35 bits per heavy atom. The topological polar surface area (TPSA) is 138 Å². The highest BCUT2D eigenvalue weighted by Gasteiger charge is 2.42. The molecule has 0 saturated carbocycles. The fraction of sp³-hybridized carbons (Fsp3) is 0.667. The van der Waals surface area contributed by atoms with Crippen LogP contribution in [0, 0.1) is 5.41 Å². The Morgan fingerprint density at radius 3 is 1.70 bits per heavy atom. The third-order valence-corrected chi connectivity index (χ3v) is 2.18. The number of hydrogen-bond donors (Lipinski definition) is 3. The van der Waals surface area contributed by atoms with E-state index in [2.05, 4.69) is 4.74 Å². The smallest absolute Gasteiger partial charge is 0.336 e. The minimum absolute atomic E-state index is 0.0802. The van der Waals surface area contributed by atoms with Gasteiger partial charge in [-0.05, 0) is 5.41 Å². The Kier molecular flexibility index (Phi) is 5.83. The number of aliphatic hydroxyl groups is 1. The van der Waals surface area contributed by atoms with Crippen LogP contribution in [0.5, 0.6) is 0 Å². The molecule has 20 heavy (non-hydrogen) atoms. The molecule has 0 heterocycles. The molecule has 0 saturated heterocycles. The molecule has 1 unspecified atom stereocenters. The molecule has 0 aromatic carbocycles. The van der Waals surface area contributed by atoms with Crippen molar-refractivity contribution in [1.29, 1.82) is 0 Å². The van der Waals surface area contributed by atoms with E-state index in [4.69, 9.17) is 10.2 Å². The second kappa shape index (κ2) is 6.47. The summed E-state index contributed by atoms with van der Waals surface area (Å²) in [4.78, 5) is 44.0. The number of carboxylic acid groups (broad SMARTS) is 2. The summed E-state index contributed by atoms with van der Waals surface area (Å²) < 4.78 is 4.36. The summed E-state index contributed by atoms with van der Waals surface area (Å²) in [6.07, 6.45) is -2.38. The average Bonchev–Trinajstić information content (AvgIpc) is 2.10. The van der Waals surface area contributed by atoms with Crippen LogP contribution in [0.25, 0.3) is 0 Å². The van der Waals surface area contributed by atoms with Crippen molar-refractivity contribution in [3.63, 3.8) is 0 Å². The summed E-state index contributed by atoms with van der Waals surface area (Å²) in [5.74, 6) is -5.63. The number of rotatable bonds is 6. The zero-order valence-corrected chi connectivity index (χ0v) is 11.5. The predicted octanol–water partition coefficient (Wildman–Crippen LogP) is 0.173. The maximum Gasteiger partial charge on any atom is 0.336 e. The van der Waals surface area contributed by atoms with Crippen LogP contribution in [0.4, 0.5) is 0 Å². The molecule has 0 rings (SSSR count). The maximum absolute atomic E-state index is 11.4. The van der Waals surface area contributed by atoms with Crippen LogP contribution in [-0.4, -0.2) is 44.8 Å². The van der Waals surface area contributed by atoms with Gasteiger partial charge in [-0.15, -0.1) is 0 Å². The van der Waals surface area contributed by atoms with Gasteiger partial charge in [0.15, 0.2) is 5.60 Å². The van der Waals surface area contributed by atoms with Gasteiger partial charge in [-0.25, -0.2) is 4.79 Å². The summed E-state index contributed by atoms with van der Waals surface area (Å²) >= 11 is 0. The molecule has 3 N–H and O–H groups in total. The molecule has 114 valence electrons. The van der Waals surface area contributed by atoms with Gasteiger partial charge in [-0.3, -0.25) is 14.4 Å². The first-order chi connectivity index (χ1) is 8.85. The van der Waals surface area contributed by atoms with Gasteiger partial charge in [-0.2, -0.15) is 0 Å². The Labute approximate surface area is 115 Å². The van der Waals surface area contributed by atoms with E-state index in [1.54, 1.807) is 20.8 Å². The molecule has 1 atom stereocenters. The van der Waals surface area contributed by atoms with Crippen molar-refractivity contribution < 1.29 is 39.2 Å². The lowest BCUT2D eigenvalue weighted by Crippen LogP contribution is -2.43. The number of carbonyl (C=O) groups excluding carboxylic acids is 2. The Morgan fingerprint density at radius 1 is 0.900 bits per heavy atom. The van der Waals surface area contributed by atoms with Gasteiger partial charge in [0.1, 0.15) is 0 Å². The summed E-state index contributed by atoms with van der Waals surface area (Å²) in [6, 6.07) is 0. The first-order valence-corrected chi connectivity index (χ1v) is 5.77. The monoisotopic (exact) mass is 290 g/mol. The van der Waals surface area contributed by atoms with E-state index >= 15 is 0 Å². The molecule has 0 aliphatic carbocycles. The van der Waals surface area contributed by atoms with E-state index in [1.165, 1.54) is 0 Å². The van der Waals surface area contributed by atoms with Gasteiger partial charge >= 0.3 is 23.9 Å². The van der Waals surface area contributed by atoms with Crippen LogP contribution in [0.15, 0.2) is 0 Å². The largest absolute Gasteiger partial charge is 0.481 e. The highest BCUT2D eigenvalue weighted by molar-refractivity contribution is 5.92. The van der Waals surface area contributed by atoms with Crippen molar-refractivity contribution >= 4 is 23.9 Å². The molecule has 0 fully saturated rings. The molecule has 8 heteroatoms. The zero-order valence-electron chi connectivity index (χ0n) is 11.5. The summed E-state index contributed by atoms with van der Waals surface area (Å²) in [6.45, 7) is 5.20. The molecular formula is C12H18O8. The van der Waals surface area contributed by atoms with Crippen LogP contribution in [0.2, 0.25) is 0 Å². The summed E-state index contributed by atoms with van der Waals surface area (Å²) in [5, 5.41) is 26.8. The number of aliphatic carboxylic acids is 2. The van der Waals surface area contributed by atoms with Crippen molar-refractivity contribution in [1.82, 2.24) is 0 Å². The van der Waals surface area contributed by atoms with E-state index in [0.29, 0.717) is 0 Å². The number of hydrogen-bond acceptors (Lipinski definition) is 6. The van der Waals surface area contributed by atoms with Crippen molar-refractivity contribution in [3.05, 3.63) is 0 Å². The molecular weight excluding hydrogens is 272 g/mol. The third kappa shape index (κ3) is 6.83. The second-order valence-corrected chi connectivity index (χ2v) is 5.67. The molecule has 0 aliphatic heterocycles. The Balaban J connectivity index is 4.67. The number of esters is 2. The number of carbonyl (C=O) groups is 4. The quantitative estimate of drug-likeness (QED) is 0.465. The second-order valence-electron chi connectivity index (χ2n) is 5.67. The normalized spacial score (nSPS) is 14.2. The van der Waals surface area contributed by atoms with E-state index < -0.39 is 47.7 Å². The van der Waals surface area contributed by atoms with E-state index in [9.17, 15) is 24.3 Å². The summed E-state index contributed by atoms with van der Waals surface area (Å²) in [5.41, 5.74) is -3.23. The highest BCUT2D eigenvalue weighted by atomic mass is 16.6. The molecule has 8 nitrogen and oxygen atoms in total. The Bertz CT molecular complexity index is 420. The lowest BCUT2D eigenvalue weighted by atomic mass is 9.92. The van der Waals surface area contributed by atoms with Crippen LogP contribution < -0.4 is 0 Å². The van der Waals surface area contributed by atoms with Crippen molar-refractivity contribution in [2.75, 3.05) is 0 Å². The van der Waals surface area contributed by atoms with Crippen molar-refractivity contribution in [2.45, 2.75) is 45.6 Å². The predicted molar refractivity (Wildman–Crippen MR) is 64.6 cm³/mol. The molecule has 0 aromatic heterocycles. The SMILES string of the molecule is CC(C)(C)CC(=O)OC(=O)CC(O)(CC(=O)O)C(=O)O. The van der Waals surface area contributed by atoms with Gasteiger partial charge in [0.2, 0.25) is 0 Å². The zero-order chi connectivity index (χ0) is 16.1. The Hall–Kier alpha value is -1.96. The minimum Gasteiger partial charge on any atom is -0.481 e. The minimum atomic E-state index is -2.80. The van der Waals surface area contributed by atoms with Gasteiger partial charge in [0.25, 0.3) is 0 Å². The van der Waals surface area contributed by atoms with E-state index in [0.717, 1.165) is 0 Å². The first-order valence-electron chi connectivity index (χ1n) is 5.77. The van der Waals surface area contributed by atoms with Crippen LogP contribution in [-0.2, 0) is 23.9 Å². The molecule has 0 bridgehead atoms. The highest BCUT2D eigenvalue weighted by Crippen LogP contribution is 2.21. The van der Waals surface area contributed by atoms with Gasteiger partial charge in [-0.1, -0.05) is 20.8 Å². The van der Waals surface area contributed by atoms with Gasteiger partial charge in [0, 0.05) is 0 Å². The summed E-state index contributed by atoms with van der Waals surface area (Å²) in [7, 11) is 0. The fourth-order valence-electron chi connectivity index (χ4n) is 1.33. The van der Waals surface area contributed by atoms with Crippen LogP contribution >= 0.6 is 0 Å². The molecule has 0 amide bonds. The van der Waals surface area contributed by atoms with E-state index in [1.807, 2.05) is 0 Å². The standard InChI is InChI=1S/C12H18O8/c1-11(2,3)5-8(15)20-9(16)6-12(19,10(17)18)4-7(13)14/h19H,4-6H2,1-3H3,(H,13,14)(H,17,18). The van der Waals surface area contributed by atoms with Gasteiger partial charge < -0.3 is 20.1 Å². The van der Waals surface area contributed by atoms with Crippen molar-refractivity contribution in [2.24, 2.45) is 5.41 Å². The van der Waals surface area contributed by atoms with Crippen LogP contribution in [0.3, 0.4) is 0 Å². The average molecular weight is 290 g/mol. The van der Waals surface area contributed by atoms with Gasteiger partial charge in [0.05, 0.1) is 19.3 Å². The molecule has 0 aromatic rings. The number of ether oxygens (including phenoxy) is 1. The maximum atomic E-state index is 11.4. The van der Waals surface area contributed by atoms with Crippen molar-refractivity contribution in [3.8, 4) is 0 Å². The lowest BCUT2D eigenvalue weighted by molar-refractivity contribution is -0.175. The third-order valence-electron chi connectivity index (χ3n) is 2.18. The van der Waals surface area contributed by atoms with E-state index in [-0.39, 0.29) is 6.42 Å². The lowest BCUT2D eigenvalue weighted by Gasteiger charge is -2.20. The van der Waals surface area contributed by atoms with Crippen LogP contribution in [0.1, 0.15) is 40.0 Å². The molecule has 0 spiro atoms. The molecule has 0 aliphatic rings. The first kappa shape index (κ1) is 18.0. The molecule has 0 radical (unpaired) electrons. The number of carboxylic acids is 2. The fourth-order valence-corrected chi connectivity index (χ4v) is 1.33.